The molecule has 0 saturated carbocycles. The zero-order chi connectivity index (χ0) is 31.8. The van der Waals surface area contributed by atoms with E-state index in [0.717, 1.165) is 49.9 Å². The molecule has 0 aliphatic rings. The van der Waals surface area contributed by atoms with Crippen LogP contribution < -0.4 is 0 Å². The van der Waals surface area contributed by atoms with Crippen molar-refractivity contribution in [3.8, 4) is 0 Å². The van der Waals surface area contributed by atoms with Gasteiger partial charge in [0.25, 0.3) is 0 Å². The van der Waals surface area contributed by atoms with Gasteiger partial charge in [-0.25, -0.2) is 0 Å². The molecule has 2 heteroatoms. The van der Waals surface area contributed by atoms with Gasteiger partial charge >= 0.3 is 0 Å². The van der Waals surface area contributed by atoms with Crippen LogP contribution in [0.15, 0.2) is 46.4 Å². The topological polar surface area (TPSA) is 24.7 Å². The van der Waals surface area contributed by atoms with Crippen LogP contribution in [0.1, 0.15) is 179 Å². The summed E-state index contributed by atoms with van der Waals surface area (Å²) in [5.41, 5.74) is 10.5. The Hall–Kier alpha value is -2.22. The van der Waals surface area contributed by atoms with Crippen LogP contribution in [-0.4, -0.2) is 11.4 Å². The number of hydrogen-bond acceptors (Lipinski definition) is 2. The second kappa shape index (κ2) is 24.1. The smallest absolute Gasteiger partial charge is 0.0639 e. The molecule has 0 aromatic heterocycles. The third-order valence-corrected chi connectivity index (χ3v) is 8.62. The predicted molar refractivity (Wildman–Crippen MR) is 199 cm³/mol. The van der Waals surface area contributed by atoms with Gasteiger partial charge in [-0.15, -0.1) is 0 Å². The summed E-state index contributed by atoms with van der Waals surface area (Å²) in [4.78, 5) is 11.0. The molecule has 2 rings (SSSR count). The van der Waals surface area contributed by atoms with Gasteiger partial charge in [-0.3, -0.25) is 9.98 Å². The Labute approximate surface area is 273 Å². The van der Waals surface area contributed by atoms with E-state index in [1.807, 2.05) is 0 Å². The van der Waals surface area contributed by atoms with Crippen LogP contribution in [0.25, 0.3) is 0 Å². The second-order valence-corrected chi connectivity index (χ2v) is 13.2. The molecule has 0 amide bonds. The van der Waals surface area contributed by atoms with E-state index in [2.05, 4.69) is 77.9 Å². The van der Waals surface area contributed by atoms with Crippen molar-refractivity contribution in [2.24, 2.45) is 9.98 Å². The molecule has 44 heavy (non-hydrogen) atoms. The number of benzene rings is 2. The molecule has 0 aliphatic heterocycles. The summed E-state index contributed by atoms with van der Waals surface area (Å²) in [5, 5.41) is 0. The van der Waals surface area contributed by atoms with Gasteiger partial charge in [0, 0.05) is 0 Å². The van der Waals surface area contributed by atoms with E-state index in [4.69, 9.17) is 9.98 Å². The first-order valence-electron chi connectivity index (χ1n) is 19.0. The highest BCUT2D eigenvalue weighted by Crippen LogP contribution is 2.26. The van der Waals surface area contributed by atoms with E-state index in [1.165, 1.54) is 136 Å². The van der Waals surface area contributed by atoms with E-state index in [-0.39, 0.29) is 0 Å². The van der Waals surface area contributed by atoms with Crippen molar-refractivity contribution in [2.75, 3.05) is 0 Å². The monoisotopic (exact) mass is 601 g/mol. The van der Waals surface area contributed by atoms with Crippen LogP contribution in [-0.2, 0) is 25.7 Å². The summed E-state index contributed by atoms with van der Waals surface area (Å²) in [5.74, 6) is 0. The molecule has 0 fully saturated rings. The number of aryl methyl sites for hydroxylation is 4. The van der Waals surface area contributed by atoms with Crippen molar-refractivity contribution in [3.05, 3.63) is 58.7 Å². The van der Waals surface area contributed by atoms with Gasteiger partial charge in [-0.2, -0.15) is 0 Å². The molecule has 0 saturated heterocycles. The fourth-order valence-corrected chi connectivity index (χ4v) is 6.33. The fraction of sp³-hybridized carbons (Fsp3) is 0.667. The lowest BCUT2D eigenvalue weighted by Gasteiger charge is -2.14. The van der Waals surface area contributed by atoms with E-state index < -0.39 is 0 Å². The first kappa shape index (κ1) is 38.0. The minimum atomic E-state index is 1.03. The minimum absolute atomic E-state index is 1.03. The van der Waals surface area contributed by atoms with E-state index in [0.29, 0.717) is 0 Å². The lowest BCUT2D eigenvalue weighted by Crippen LogP contribution is -2.15. The summed E-state index contributed by atoms with van der Waals surface area (Å²) in [6.45, 7) is 13.7. The zero-order valence-electron chi connectivity index (χ0n) is 29.9. The molecule has 0 radical (unpaired) electrons. The van der Waals surface area contributed by atoms with Gasteiger partial charge in [0.05, 0.1) is 22.8 Å². The van der Waals surface area contributed by atoms with E-state index in [1.54, 1.807) is 0 Å². The average Bonchev–Trinajstić information content (AvgIpc) is 3.00. The van der Waals surface area contributed by atoms with E-state index in [9.17, 15) is 0 Å². The van der Waals surface area contributed by atoms with E-state index >= 15 is 0 Å². The number of unbranched alkanes of at least 4 members (excludes halogenated alkanes) is 10. The van der Waals surface area contributed by atoms with Crippen molar-refractivity contribution < 1.29 is 0 Å². The lowest BCUT2D eigenvalue weighted by molar-refractivity contribution is 0.613. The zero-order valence-corrected chi connectivity index (χ0v) is 29.9. The van der Waals surface area contributed by atoms with Crippen LogP contribution >= 0.6 is 0 Å². The molecule has 2 aromatic carbocycles. The number of nitrogens with zero attached hydrogens (tertiary/aromatic N) is 2. The summed E-state index contributed by atoms with van der Waals surface area (Å²) in [7, 11) is 0. The Morgan fingerprint density at radius 1 is 0.364 bits per heavy atom. The number of aliphatic imine (C=N–C) groups is 2. The molecule has 0 bridgehead atoms. The molecule has 0 N–H and O–H groups in total. The van der Waals surface area contributed by atoms with Crippen molar-refractivity contribution in [1.29, 1.82) is 0 Å². The molecular formula is C42H68N2. The molecule has 0 unspecified atom stereocenters. The minimum Gasteiger partial charge on any atom is -0.252 e. The Morgan fingerprint density at radius 2 is 0.659 bits per heavy atom. The maximum Gasteiger partial charge on any atom is 0.0639 e. The molecule has 0 atom stereocenters. The maximum absolute atomic E-state index is 5.51. The van der Waals surface area contributed by atoms with Gasteiger partial charge < -0.3 is 0 Å². The molecule has 0 aliphatic carbocycles. The summed E-state index contributed by atoms with van der Waals surface area (Å²) < 4.78 is 0. The fourth-order valence-electron chi connectivity index (χ4n) is 6.33. The largest absolute Gasteiger partial charge is 0.252 e. The Balaban J connectivity index is 2.55. The molecule has 2 aromatic rings. The van der Waals surface area contributed by atoms with Crippen molar-refractivity contribution in [2.45, 2.75) is 183 Å². The Kier molecular flexibility index (Phi) is 20.8. The van der Waals surface area contributed by atoms with Crippen LogP contribution in [0.5, 0.6) is 0 Å². The summed E-state index contributed by atoms with van der Waals surface area (Å²) in [6, 6.07) is 14.3. The average molecular weight is 601 g/mol. The quantitative estimate of drug-likeness (QED) is 0.0800. The third-order valence-electron chi connectivity index (χ3n) is 8.62. The maximum atomic E-state index is 5.51. The number of rotatable bonds is 25. The van der Waals surface area contributed by atoms with Gasteiger partial charge in [-0.05, 0) is 97.9 Å². The molecule has 0 heterocycles. The standard InChI is InChI=1S/C42H68N2/c1-7-13-15-17-19-21-27-41(43-39-31-35(23-9-3)29-36(32-39)24-10-4)42(28-22-20-18-16-14-8-2)44-40-33-37(25-11-5)30-38(34-40)26-12-6/h29-34H,7-28H2,1-6H3. The van der Waals surface area contributed by atoms with Crippen LogP contribution in [0.2, 0.25) is 0 Å². The normalized spacial score (nSPS) is 12.3. The van der Waals surface area contributed by atoms with Gasteiger partial charge in [0.1, 0.15) is 0 Å². The van der Waals surface area contributed by atoms with Crippen molar-refractivity contribution >= 4 is 22.8 Å². The first-order valence-corrected chi connectivity index (χ1v) is 19.0. The van der Waals surface area contributed by atoms with Crippen molar-refractivity contribution in [3.63, 3.8) is 0 Å². The predicted octanol–water partition coefficient (Wildman–Crippen LogP) is 13.8. The summed E-state index contributed by atoms with van der Waals surface area (Å²) in [6.07, 6.45) is 26.8. The molecule has 246 valence electrons. The van der Waals surface area contributed by atoms with Crippen LogP contribution in [0, 0.1) is 0 Å². The second-order valence-electron chi connectivity index (χ2n) is 13.2. The highest BCUT2D eigenvalue weighted by atomic mass is 14.8. The molecule has 2 nitrogen and oxygen atoms in total. The lowest BCUT2D eigenvalue weighted by atomic mass is 9.99. The number of hydrogen-bond donors (Lipinski definition) is 0. The summed E-state index contributed by atoms with van der Waals surface area (Å²) >= 11 is 0. The van der Waals surface area contributed by atoms with Crippen LogP contribution in [0.4, 0.5) is 11.4 Å². The highest BCUT2D eigenvalue weighted by Gasteiger charge is 2.13. The van der Waals surface area contributed by atoms with Gasteiger partial charge in [-0.1, -0.05) is 144 Å². The highest BCUT2D eigenvalue weighted by molar-refractivity contribution is 6.43. The van der Waals surface area contributed by atoms with Crippen molar-refractivity contribution in [1.82, 2.24) is 0 Å². The first-order chi connectivity index (χ1) is 21.6. The third kappa shape index (κ3) is 15.7. The molecule has 0 spiro atoms. The van der Waals surface area contributed by atoms with Crippen LogP contribution in [0.3, 0.4) is 0 Å². The molecular weight excluding hydrogens is 532 g/mol. The SMILES string of the molecule is CCCCCCCCC(=Nc1cc(CCC)cc(CCC)c1)C(CCCCCCCC)=Nc1cc(CCC)cc(CCC)c1. The Morgan fingerprint density at radius 3 is 0.955 bits per heavy atom. The van der Waals surface area contributed by atoms with Gasteiger partial charge in [0.15, 0.2) is 0 Å². The Bertz CT molecular complexity index is 957. The van der Waals surface area contributed by atoms with Gasteiger partial charge in [0.2, 0.25) is 0 Å².